The first kappa shape index (κ1) is 14.9. The normalized spacial score (nSPS) is 18.1. The lowest BCUT2D eigenvalue weighted by Crippen LogP contribution is -2.30. The summed E-state index contributed by atoms with van der Waals surface area (Å²) in [6.07, 6.45) is 0.449. The van der Waals surface area contributed by atoms with Crippen molar-refractivity contribution in [2.24, 2.45) is 5.92 Å². The van der Waals surface area contributed by atoms with Crippen LogP contribution in [0.25, 0.3) is 0 Å². The Balaban J connectivity index is 2.26. The molecule has 1 aromatic carbocycles. The summed E-state index contributed by atoms with van der Waals surface area (Å²) in [5.74, 6) is -1.39. The monoisotopic (exact) mass is 317 g/mol. The highest BCUT2D eigenvalue weighted by atomic mass is 35.5. The molecule has 2 rings (SSSR count). The summed E-state index contributed by atoms with van der Waals surface area (Å²) in [7, 11) is 1.43. The van der Waals surface area contributed by atoms with Crippen molar-refractivity contribution >= 4 is 35.1 Å². The van der Waals surface area contributed by atoms with Crippen molar-refractivity contribution in [1.29, 1.82) is 0 Å². The van der Waals surface area contributed by atoms with E-state index in [0.29, 0.717) is 23.7 Å². The number of carboxylic acids is 1. The molecule has 0 bridgehead atoms. The van der Waals surface area contributed by atoms with Crippen LogP contribution in [0.3, 0.4) is 0 Å². The second-order valence-corrected chi connectivity index (χ2v) is 5.36. The summed E-state index contributed by atoms with van der Waals surface area (Å²) in [6.45, 7) is 0.594. The van der Waals surface area contributed by atoms with E-state index < -0.39 is 11.9 Å². The van der Waals surface area contributed by atoms with E-state index in [1.165, 1.54) is 24.1 Å². The third-order valence-corrected chi connectivity index (χ3v) is 4.02. The van der Waals surface area contributed by atoms with Crippen LogP contribution in [-0.4, -0.2) is 42.1 Å². The van der Waals surface area contributed by atoms with E-state index in [1.807, 2.05) is 0 Å². The first-order valence-electron chi connectivity index (χ1n) is 5.99. The number of rotatable bonds is 3. The van der Waals surface area contributed by atoms with Gasteiger partial charge >= 0.3 is 5.97 Å². The Bertz CT molecular complexity index is 562. The molecule has 0 saturated carbocycles. The van der Waals surface area contributed by atoms with Gasteiger partial charge in [-0.1, -0.05) is 23.2 Å². The van der Waals surface area contributed by atoms with Gasteiger partial charge in [-0.2, -0.15) is 0 Å². The van der Waals surface area contributed by atoms with Gasteiger partial charge in [0, 0.05) is 19.2 Å². The molecule has 1 aliphatic rings. The van der Waals surface area contributed by atoms with Gasteiger partial charge in [-0.3, -0.25) is 9.59 Å². The fourth-order valence-electron chi connectivity index (χ4n) is 2.18. The number of hydrogen-bond acceptors (Lipinski definition) is 3. The highest BCUT2D eigenvalue weighted by molar-refractivity contribution is 6.42. The van der Waals surface area contributed by atoms with Crippen LogP contribution in [0, 0.1) is 5.92 Å². The predicted octanol–water partition coefficient (Wildman–Crippen LogP) is 2.55. The van der Waals surface area contributed by atoms with Gasteiger partial charge in [-0.25, -0.2) is 0 Å². The summed E-state index contributed by atoms with van der Waals surface area (Å²) in [6, 6.07) is 2.92. The smallest absolute Gasteiger partial charge is 0.308 e. The Labute approximate surface area is 126 Å². The molecule has 1 aromatic rings. The molecule has 5 nitrogen and oxygen atoms in total. The third kappa shape index (κ3) is 2.83. The number of likely N-dealkylation sites (tertiary alicyclic amines) is 1. The number of carbonyl (C=O) groups excluding carboxylic acids is 1. The Kier molecular flexibility index (Phi) is 4.40. The minimum atomic E-state index is -0.888. The Morgan fingerprint density at radius 2 is 2.00 bits per heavy atom. The van der Waals surface area contributed by atoms with Crippen molar-refractivity contribution in [2.75, 3.05) is 20.2 Å². The lowest BCUT2D eigenvalue weighted by Gasteiger charge is -2.18. The molecule has 0 aromatic heterocycles. The summed E-state index contributed by atoms with van der Waals surface area (Å²) < 4.78 is 5.13. The van der Waals surface area contributed by atoms with Crippen molar-refractivity contribution < 1.29 is 19.4 Å². The molecular weight excluding hydrogens is 305 g/mol. The number of carboxylic acid groups (broad SMARTS) is 1. The van der Waals surface area contributed by atoms with Crippen molar-refractivity contribution in [3.63, 3.8) is 0 Å². The predicted molar refractivity (Wildman–Crippen MR) is 74.7 cm³/mol. The summed E-state index contributed by atoms with van der Waals surface area (Å²) in [5.41, 5.74) is 0.285. The zero-order valence-electron chi connectivity index (χ0n) is 10.7. The SMILES string of the molecule is COc1cc(Cl)c(Cl)cc1C(=O)N1CCC(C(=O)O)C1. The van der Waals surface area contributed by atoms with Gasteiger partial charge in [-0.05, 0) is 12.5 Å². The van der Waals surface area contributed by atoms with Crippen LogP contribution in [0.4, 0.5) is 0 Å². The number of carbonyl (C=O) groups is 2. The van der Waals surface area contributed by atoms with Crippen LogP contribution in [0.15, 0.2) is 12.1 Å². The van der Waals surface area contributed by atoms with Crippen LogP contribution < -0.4 is 4.74 Å². The third-order valence-electron chi connectivity index (χ3n) is 3.30. The quantitative estimate of drug-likeness (QED) is 0.930. The van der Waals surface area contributed by atoms with E-state index in [0.717, 1.165) is 0 Å². The van der Waals surface area contributed by atoms with E-state index >= 15 is 0 Å². The van der Waals surface area contributed by atoms with Crippen LogP contribution in [0.5, 0.6) is 5.75 Å². The van der Waals surface area contributed by atoms with Crippen LogP contribution >= 0.6 is 23.2 Å². The molecule has 1 N–H and O–H groups in total. The van der Waals surface area contributed by atoms with Crippen molar-refractivity contribution in [3.05, 3.63) is 27.7 Å². The molecule has 1 amide bonds. The van der Waals surface area contributed by atoms with E-state index in [2.05, 4.69) is 0 Å². The van der Waals surface area contributed by atoms with E-state index in [4.69, 9.17) is 33.0 Å². The zero-order valence-corrected chi connectivity index (χ0v) is 12.2. The van der Waals surface area contributed by atoms with Crippen molar-refractivity contribution in [2.45, 2.75) is 6.42 Å². The minimum Gasteiger partial charge on any atom is -0.496 e. The van der Waals surface area contributed by atoms with Crippen LogP contribution in [-0.2, 0) is 4.79 Å². The topological polar surface area (TPSA) is 66.8 Å². The average Bonchev–Trinajstić information content (AvgIpc) is 2.90. The standard InChI is InChI=1S/C13H13Cl2NO4/c1-20-11-5-10(15)9(14)4-8(11)12(17)16-3-2-7(6-16)13(18)19/h4-5,7H,2-3,6H2,1H3,(H,18,19). The Morgan fingerprint density at radius 3 is 2.55 bits per heavy atom. The first-order chi connectivity index (χ1) is 9.43. The lowest BCUT2D eigenvalue weighted by atomic mass is 10.1. The van der Waals surface area contributed by atoms with E-state index in [1.54, 1.807) is 0 Å². The molecule has 0 aliphatic carbocycles. The average molecular weight is 318 g/mol. The number of methoxy groups -OCH3 is 1. The van der Waals surface area contributed by atoms with Gasteiger partial charge in [0.2, 0.25) is 0 Å². The summed E-state index contributed by atoms with van der Waals surface area (Å²) in [5, 5.41) is 9.51. The second kappa shape index (κ2) is 5.89. The minimum absolute atomic E-state index is 0.192. The fraction of sp³-hybridized carbons (Fsp3) is 0.385. The molecule has 1 saturated heterocycles. The van der Waals surface area contributed by atoms with Gasteiger partial charge in [-0.15, -0.1) is 0 Å². The number of halogens is 2. The molecule has 0 radical (unpaired) electrons. The molecule has 1 atom stereocenters. The molecular formula is C13H13Cl2NO4. The molecule has 7 heteroatoms. The Hall–Kier alpha value is -1.46. The van der Waals surface area contributed by atoms with Crippen molar-refractivity contribution in [1.82, 2.24) is 4.90 Å². The molecule has 0 spiro atoms. The summed E-state index contributed by atoms with van der Waals surface area (Å²) in [4.78, 5) is 24.8. The maximum atomic E-state index is 12.4. The number of nitrogens with zero attached hydrogens (tertiary/aromatic N) is 1. The zero-order chi connectivity index (χ0) is 14.9. The van der Waals surface area contributed by atoms with Gasteiger partial charge in [0.25, 0.3) is 5.91 Å². The van der Waals surface area contributed by atoms with Crippen molar-refractivity contribution in [3.8, 4) is 5.75 Å². The number of benzene rings is 1. The molecule has 1 unspecified atom stereocenters. The number of ether oxygens (including phenoxy) is 1. The highest BCUT2D eigenvalue weighted by Gasteiger charge is 2.32. The first-order valence-corrected chi connectivity index (χ1v) is 6.74. The molecule has 1 aliphatic heterocycles. The summed E-state index contributed by atoms with van der Waals surface area (Å²) >= 11 is 11.8. The maximum absolute atomic E-state index is 12.4. The molecule has 1 fully saturated rings. The van der Waals surface area contributed by atoms with Crippen LogP contribution in [0.1, 0.15) is 16.8 Å². The van der Waals surface area contributed by atoms with E-state index in [-0.39, 0.29) is 23.0 Å². The highest BCUT2D eigenvalue weighted by Crippen LogP contribution is 2.32. The van der Waals surface area contributed by atoms with Gasteiger partial charge in [0.1, 0.15) is 5.75 Å². The van der Waals surface area contributed by atoms with E-state index in [9.17, 15) is 9.59 Å². The molecule has 1 heterocycles. The fourth-order valence-corrected chi connectivity index (χ4v) is 2.50. The number of aliphatic carboxylic acids is 1. The molecule has 108 valence electrons. The van der Waals surface area contributed by atoms with Gasteiger partial charge in [0.05, 0.1) is 28.6 Å². The Morgan fingerprint density at radius 1 is 1.35 bits per heavy atom. The van der Waals surface area contributed by atoms with Gasteiger partial charge in [0.15, 0.2) is 0 Å². The largest absolute Gasteiger partial charge is 0.496 e. The van der Waals surface area contributed by atoms with Crippen LogP contribution in [0.2, 0.25) is 10.0 Å². The number of hydrogen-bond donors (Lipinski definition) is 1. The second-order valence-electron chi connectivity index (χ2n) is 4.54. The van der Waals surface area contributed by atoms with Gasteiger partial charge < -0.3 is 14.7 Å². The number of amides is 1. The maximum Gasteiger partial charge on any atom is 0.308 e. The lowest BCUT2D eigenvalue weighted by molar-refractivity contribution is -0.141. The molecule has 20 heavy (non-hydrogen) atoms.